The first kappa shape index (κ1) is 10.9. The van der Waals surface area contributed by atoms with Crippen LogP contribution in [0.3, 0.4) is 0 Å². The standard InChI is InChI=1S/C14H14N4/c1-8-7-9(2)12(16-10(8)3)13-11-5-4-6-15-14(11)18-17-13/h4-7H,1-3H3,(H,15,17,18). The second kappa shape index (κ2) is 3.91. The van der Waals surface area contributed by atoms with Crippen LogP contribution in [0.5, 0.6) is 0 Å². The third-order valence-electron chi connectivity index (χ3n) is 3.22. The fourth-order valence-corrected chi connectivity index (χ4v) is 2.13. The van der Waals surface area contributed by atoms with Gasteiger partial charge in [0.2, 0.25) is 0 Å². The first-order valence-corrected chi connectivity index (χ1v) is 5.91. The topological polar surface area (TPSA) is 54.5 Å². The summed E-state index contributed by atoms with van der Waals surface area (Å²) in [4.78, 5) is 8.89. The smallest absolute Gasteiger partial charge is 0.181 e. The number of aryl methyl sites for hydroxylation is 3. The maximum Gasteiger partial charge on any atom is 0.181 e. The molecular weight excluding hydrogens is 224 g/mol. The van der Waals surface area contributed by atoms with Gasteiger partial charge in [0.25, 0.3) is 0 Å². The molecule has 3 heterocycles. The largest absolute Gasteiger partial charge is 0.273 e. The first-order chi connectivity index (χ1) is 8.66. The Morgan fingerprint density at radius 2 is 1.94 bits per heavy atom. The predicted molar refractivity (Wildman–Crippen MR) is 71.3 cm³/mol. The van der Waals surface area contributed by atoms with Crippen LogP contribution >= 0.6 is 0 Å². The fraction of sp³-hybridized carbons (Fsp3) is 0.214. The van der Waals surface area contributed by atoms with E-state index < -0.39 is 0 Å². The van der Waals surface area contributed by atoms with Crippen molar-refractivity contribution in [1.29, 1.82) is 0 Å². The molecule has 4 heteroatoms. The van der Waals surface area contributed by atoms with Crippen LogP contribution in [0.15, 0.2) is 24.4 Å². The SMILES string of the molecule is Cc1cc(C)c(-c2[nH]nc3ncccc23)nc1C. The van der Waals surface area contributed by atoms with Gasteiger partial charge in [0.05, 0.1) is 11.4 Å². The van der Waals surface area contributed by atoms with Crippen molar-refractivity contribution in [2.75, 3.05) is 0 Å². The molecule has 0 aromatic carbocycles. The van der Waals surface area contributed by atoms with E-state index in [1.54, 1.807) is 6.20 Å². The van der Waals surface area contributed by atoms with Crippen LogP contribution in [0.4, 0.5) is 0 Å². The third kappa shape index (κ3) is 1.57. The fourth-order valence-electron chi connectivity index (χ4n) is 2.13. The van der Waals surface area contributed by atoms with Crippen LogP contribution in [-0.2, 0) is 0 Å². The summed E-state index contributed by atoms with van der Waals surface area (Å²) in [7, 11) is 0. The number of nitrogens with zero attached hydrogens (tertiary/aromatic N) is 3. The zero-order chi connectivity index (χ0) is 12.7. The number of aromatic amines is 1. The Morgan fingerprint density at radius 3 is 2.78 bits per heavy atom. The highest BCUT2D eigenvalue weighted by molar-refractivity contribution is 5.90. The summed E-state index contributed by atoms with van der Waals surface area (Å²) in [5, 5.41) is 8.27. The van der Waals surface area contributed by atoms with Gasteiger partial charge in [-0.3, -0.25) is 10.1 Å². The molecule has 4 nitrogen and oxygen atoms in total. The zero-order valence-electron chi connectivity index (χ0n) is 10.7. The van der Waals surface area contributed by atoms with E-state index in [4.69, 9.17) is 0 Å². The Balaban J connectivity index is 2.29. The normalized spacial score (nSPS) is 11.1. The molecule has 0 saturated heterocycles. The van der Waals surface area contributed by atoms with Crippen LogP contribution in [-0.4, -0.2) is 20.2 Å². The highest BCUT2D eigenvalue weighted by Gasteiger charge is 2.12. The molecule has 0 spiro atoms. The molecule has 0 aliphatic rings. The number of rotatable bonds is 1. The molecule has 0 saturated carbocycles. The number of aromatic nitrogens is 4. The molecule has 3 aromatic heterocycles. The summed E-state index contributed by atoms with van der Waals surface area (Å²) < 4.78 is 0. The van der Waals surface area contributed by atoms with Gasteiger partial charge >= 0.3 is 0 Å². The summed E-state index contributed by atoms with van der Waals surface area (Å²) in [6.07, 6.45) is 1.74. The van der Waals surface area contributed by atoms with Gasteiger partial charge in [0, 0.05) is 17.3 Å². The lowest BCUT2D eigenvalue weighted by Gasteiger charge is -2.07. The van der Waals surface area contributed by atoms with Crippen molar-refractivity contribution in [1.82, 2.24) is 20.2 Å². The van der Waals surface area contributed by atoms with E-state index in [-0.39, 0.29) is 0 Å². The molecule has 3 rings (SSSR count). The third-order valence-corrected chi connectivity index (χ3v) is 3.22. The zero-order valence-corrected chi connectivity index (χ0v) is 10.7. The Labute approximate surface area is 105 Å². The van der Waals surface area contributed by atoms with Crippen molar-refractivity contribution in [2.45, 2.75) is 20.8 Å². The van der Waals surface area contributed by atoms with Gasteiger partial charge in [-0.1, -0.05) is 6.07 Å². The lowest BCUT2D eigenvalue weighted by molar-refractivity contribution is 1.07. The Morgan fingerprint density at radius 1 is 1.11 bits per heavy atom. The van der Waals surface area contributed by atoms with E-state index in [0.29, 0.717) is 0 Å². The van der Waals surface area contributed by atoms with Crippen LogP contribution < -0.4 is 0 Å². The maximum absolute atomic E-state index is 4.67. The van der Waals surface area contributed by atoms with Crippen molar-refractivity contribution in [3.8, 4) is 11.4 Å². The molecule has 0 unspecified atom stereocenters. The second-order valence-corrected chi connectivity index (χ2v) is 4.53. The molecule has 0 aliphatic heterocycles. The van der Waals surface area contributed by atoms with E-state index in [1.807, 2.05) is 19.1 Å². The molecule has 90 valence electrons. The summed E-state index contributed by atoms with van der Waals surface area (Å²) >= 11 is 0. The average molecular weight is 238 g/mol. The molecule has 3 aromatic rings. The monoisotopic (exact) mass is 238 g/mol. The summed E-state index contributed by atoms with van der Waals surface area (Å²) in [5.74, 6) is 0. The maximum atomic E-state index is 4.67. The van der Waals surface area contributed by atoms with Crippen molar-refractivity contribution in [3.63, 3.8) is 0 Å². The molecule has 0 atom stereocenters. The molecule has 0 aliphatic carbocycles. The van der Waals surface area contributed by atoms with Gasteiger partial charge in [0.1, 0.15) is 0 Å². The average Bonchev–Trinajstić information content (AvgIpc) is 2.78. The van der Waals surface area contributed by atoms with Crippen molar-refractivity contribution in [3.05, 3.63) is 41.2 Å². The number of hydrogen-bond acceptors (Lipinski definition) is 3. The first-order valence-electron chi connectivity index (χ1n) is 5.91. The minimum absolute atomic E-state index is 0.729. The molecule has 1 N–H and O–H groups in total. The highest BCUT2D eigenvalue weighted by Crippen LogP contribution is 2.27. The van der Waals surface area contributed by atoms with Gasteiger partial charge in [-0.25, -0.2) is 4.98 Å². The van der Waals surface area contributed by atoms with E-state index in [0.717, 1.165) is 33.7 Å². The van der Waals surface area contributed by atoms with Crippen LogP contribution in [0.2, 0.25) is 0 Å². The number of pyridine rings is 2. The molecule has 18 heavy (non-hydrogen) atoms. The Hall–Kier alpha value is -2.23. The number of hydrogen-bond donors (Lipinski definition) is 1. The van der Waals surface area contributed by atoms with Crippen molar-refractivity contribution < 1.29 is 0 Å². The van der Waals surface area contributed by atoms with Gasteiger partial charge in [-0.15, -0.1) is 0 Å². The number of fused-ring (bicyclic) bond motifs is 1. The van der Waals surface area contributed by atoms with Crippen LogP contribution in [0.25, 0.3) is 22.4 Å². The number of nitrogens with one attached hydrogen (secondary N) is 1. The summed E-state index contributed by atoms with van der Waals surface area (Å²) in [5.41, 5.74) is 6.02. The van der Waals surface area contributed by atoms with E-state index in [9.17, 15) is 0 Å². The summed E-state index contributed by atoms with van der Waals surface area (Å²) in [6, 6.07) is 6.08. The molecule has 0 amide bonds. The molecule has 0 fully saturated rings. The molecule has 0 bridgehead atoms. The minimum atomic E-state index is 0.729. The van der Waals surface area contributed by atoms with Gasteiger partial charge in [-0.05, 0) is 44.0 Å². The van der Waals surface area contributed by atoms with Crippen molar-refractivity contribution in [2.24, 2.45) is 0 Å². The van der Waals surface area contributed by atoms with E-state index >= 15 is 0 Å². The van der Waals surface area contributed by atoms with Crippen molar-refractivity contribution >= 4 is 11.0 Å². The van der Waals surface area contributed by atoms with Crippen LogP contribution in [0.1, 0.15) is 16.8 Å². The highest BCUT2D eigenvalue weighted by atomic mass is 15.2. The van der Waals surface area contributed by atoms with Gasteiger partial charge in [-0.2, -0.15) is 5.10 Å². The lowest BCUT2D eigenvalue weighted by Crippen LogP contribution is -1.95. The second-order valence-electron chi connectivity index (χ2n) is 4.53. The Bertz CT molecular complexity index is 728. The van der Waals surface area contributed by atoms with E-state index in [2.05, 4.69) is 40.1 Å². The van der Waals surface area contributed by atoms with E-state index in [1.165, 1.54) is 5.56 Å². The predicted octanol–water partition coefficient (Wildman–Crippen LogP) is 2.95. The summed E-state index contributed by atoms with van der Waals surface area (Å²) in [6.45, 7) is 6.17. The molecule has 0 radical (unpaired) electrons. The minimum Gasteiger partial charge on any atom is -0.273 e. The van der Waals surface area contributed by atoms with Crippen LogP contribution in [0, 0.1) is 20.8 Å². The van der Waals surface area contributed by atoms with Gasteiger partial charge in [0.15, 0.2) is 5.65 Å². The quantitative estimate of drug-likeness (QED) is 0.709. The number of H-pyrrole nitrogens is 1. The molecular formula is C14H14N4. The lowest BCUT2D eigenvalue weighted by atomic mass is 10.1. The Kier molecular flexibility index (Phi) is 2.37. The van der Waals surface area contributed by atoms with Gasteiger partial charge < -0.3 is 0 Å².